The molecule has 2 aromatic rings. The van der Waals surface area contributed by atoms with Crippen LogP contribution < -0.4 is 5.32 Å². The highest BCUT2D eigenvalue weighted by Gasteiger charge is 2.06. The number of aromatic amines is 1. The van der Waals surface area contributed by atoms with Gasteiger partial charge >= 0.3 is 0 Å². The lowest BCUT2D eigenvalue weighted by molar-refractivity contribution is -0.121. The molecule has 20 heavy (non-hydrogen) atoms. The van der Waals surface area contributed by atoms with Crippen LogP contribution in [0.5, 0.6) is 0 Å². The first-order chi connectivity index (χ1) is 9.70. The first-order valence-corrected chi connectivity index (χ1v) is 7.97. The third-order valence-electron chi connectivity index (χ3n) is 3.05. The summed E-state index contributed by atoms with van der Waals surface area (Å²) in [5.74, 6) is 0.962. The molecule has 2 N–H and O–H groups in total. The Morgan fingerprint density at radius 3 is 3.10 bits per heavy atom. The molecule has 0 fully saturated rings. The molecule has 5 nitrogen and oxygen atoms in total. The number of hydrogen-bond donors (Lipinski definition) is 2. The molecule has 0 aliphatic rings. The molecule has 108 valence electrons. The summed E-state index contributed by atoms with van der Waals surface area (Å²) in [4.78, 5) is 11.7. The second-order valence-corrected chi connectivity index (χ2v) is 5.59. The number of carbonyl (C=O) groups excluding carboxylic acids is 1. The Hall–Kier alpha value is -1.47. The van der Waals surface area contributed by atoms with Gasteiger partial charge in [-0.15, -0.1) is 0 Å². The molecule has 2 heterocycles. The lowest BCUT2D eigenvalue weighted by atomic mass is 10.2. The largest absolute Gasteiger partial charge is 0.356 e. The highest BCUT2D eigenvalue weighted by Crippen LogP contribution is 2.08. The number of nitrogens with zero attached hydrogens (tertiary/aromatic N) is 2. The summed E-state index contributed by atoms with van der Waals surface area (Å²) < 4.78 is 2.57. The molecule has 0 saturated heterocycles. The van der Waals surface area contributed by atoms with E-state index in [1.165, 1.54) is 5.56 Å². The van der Waals surface area contributed by atoms with Gasteiger partial charge in [0.25, 0.3) is 0 Å². The monoisotopic (exact) mass is 310 g/mol. The number of aromatic nitrogens is 3. The third-order valence-corrected chi connectivity index (χ3v) is 4.09. The fourth-order valence-electron chi connectivity index (χ4n) is 1.96. The SMILES string of the molecule is CCn1c(CCNC(=O)CCc2ccsc2)n[nH]c1=S. The van der Waals surface area contributed by atoms with Gasteiger partial charge in [-0.05, 0) is 48.0 Å². The zero-order valence-corrected chi connectivity index (χ0v) is 13.0. The number of amides is 1. The summed E-state index contributed by atoms with van der Waals surface area (Å²) >= 11 is 6.78. The van der Waals surface area contributed by atoms with Crippen LogP contribution in [0.15, 0.2) is 16.8 Å². The van der Waals surface area contributed by atoms with Gasteiger partial charge in [0.05, 0.1) is 0 Å². The second kappa shape index (κ2) is 7.35. The molecular formula is C13H18N4OS2. The van der Waals surface area contributed by atoms with E-state index in [1.807, 2.05) is 16.9 Å². The predicted molar refractivity (Wildman–Crippen MR) is 82.4 cm³/mol. The summed E-state index contributed by atoms with van der Waals surface area (Å²) in [6, 6.07) is 2.05. The molecule has 0 aliphatic heterocycles. The summed E-state index contributed by atoms with van der Waals surface area (Å²) in [7, 11) is 0. The molecule has 2 rings (SSSR count). The number of carbonyl (C=O) groups is 1. The maximum absolute atomic E-state index is 11.7. The highest BCUT2D eigenvalue weighted by molar-refractivity contribution is 7.71. The van der Waals surface area contributed by atoms with Gasteiger partial charge in [0, 0.05) is 25.9 Å². The van der Waals surface area contributed by atoms with Crippen LogP contribution in [0.1, 0.15) is 24.7 Å². The van der Waals surface area contributed by atoms with E-state index in [0.717, 1.165) is 18.8 Å². The van der Waals surface area contributed by atoms with Gasteiger partial charge in [0.1, 0.15) is 5.82 Å². The van der Waals surface area contributed by atoms with Gasteiger partial charge in [-0.25, -0.2) is 0 Å². The number of nitrogens with one attached hydrogen (secondary N) is 2. The second-order valence-electron chi connectivity index (χ2n) is 4.42. The van der Waals surface area contributed by atoms with Crippen LogP contribution >= 0.6 is 23.6 Å². The van der Waals surface area contributed by atoms with E-state index in [0.29, 0.717) is 24.2 Å². The van der Waals surface area contributed by atoms with E-state index in [9.17, 15) is 4.79 Å². The Kier molecular flexibility index (Phi) is 5.49. The fourth-order valence-corrected chi connectivity index (χ4v) is 2.95. The average Bonchev–Trinajstić information content (AvgIpc) is 3.06. The van der Waals surface area contributed by atoms with E-state index in [1.54, 1.807) is 11.3 Å². The van der Waals surface area contributed by atoms with Crippen molar-refractivity contribution in [2.45, 2.75) is 32.7 Å². The maximum atomic E-state index is 11.7. The van der Waals surface area contributed by atoms with E-state index >= 15 is 0 Å². The summed E-state index contributed by atoms with van der Waals surface area (Å²) in [6.45, 7) is 3.40. The topological polar surface area (TPSA) is 62.7 Å². The van der Waals surface area contributed by atoms with Crippen LogP contribution in [-0.2, 0) is 24.2 Å². The van der Waals surface area contributed by atoms with Crippen LogP contribution in [0.4, 0.5) is 0 Å². The van der Waals surface area contributed by atoms with Crippen molar-refractivity contribution in [2.24, 2.45) is 0 Å². The Morgan fingerprint density at radius 2 is 2.40 bits per heavy atom. The minimum atomic E-state index is 0.0772. The number of aryl methyl sites for hydroxylation is 1. The molecule has 2 aromatic heterocycles. The van der Waals surface area contributed by atoms with E-state index in [4.69, 9.17) is 12.2 Å². The van der Waals surface area contributed by atoms with Gasteiger partial charge in [0.2, 0.25) is 5.91 Å². The summed E-state index contributed by atoms with van der Waals surface area (Å²) in [5, 5.41) is 14.0. The molecule has 1 amide bonds. The number of thiophene rings is 1. The minimum Gasteiger partial charge on any atom is -0.356 e. The van der Waals surface area contributed by atoms with Crippen LogP contribution in [0, 0.1) is 4.77 Å². The molecule has 0 saturated carbocycles. The number of rotatable bonds is 7. The molecule has 0 unspecified atom stereocenters. The first-order valence-electron chi connectivity index (χ1n) is 6.62. The van der Waals surface area contributed by atoms with Gasteiger partial charge < -0.3 is 9.88 Å². The van der Waals surface area contributed by atoms with Gasteiger partial charge in [-0.3, -0.25) is 9.89 Å². The predicted octanol–water partition coefficient (Wildman–Crippen LogP) is 2.31. The lowest BCUT2D eigenvalue weighted by Crippen LogP contribution is -2.26. The Balaban J connectivity index is 1.72. The van der Waals surface area contributed by atoms with Crippen molar-refractivity contribution in [1.29, 1.82) is 0 Å². The van der Waals surface area contributed by atoms with Crippen LogP contribution in [0.3, 0.4) is 0 Å². The molecule has 0 atom stereocenters. The third kappa shape index (κ3) is 4.01. The molecule has 0 aliphatic carbocycles. The van der Waals surface area contributed by atoms with Crippen molar-refractivity contribution in [1.82, 2.24) is 20.1 Å². The minimum absolute atomic E-state index is 0.0772. The van der Waals surface area contributed by atoms with Crippen molar-refractivity contribution < 1.29 is 4.79 Å². The lowest BCUT2D eigenvalue weighted by Gasteiger charge is -2.05. The zero-order chi connectivity index (χ0) is 14.4. The molecule has 7 heteroatoms. The average molecular weight is 310 g/mol. The van der Waals surface area contributed by atoms with Gasteiger partial charge in [0.15, 0.2) is 4.77 Å². The number of hydrogen-bond acceptors (Lipinski definition) is 4. The normalized spacial score (nSPS) is 10.7. The van der Waals surface area contributed by atoms with Gasteiger partial charge in [-0.2, -0.15) is 16.4 Å². The van der Waals surface area contributed by atoms with Crippen molar-refractivity contribution >= 4 is 29.5 Å². The van der Waals surface area contributed by atoms with Crippen molar-refractivity contribution in [2.75, 3.05) is 6.54 Å². The molecule has 0 aromatic carbocycles. The first kappa shape index (κ1) is 14.9. The van der Waals surface area contributed by atoms with Crippen molar-refractivity contribution in [3.8, 4) is 0 Å². The fraction of sp³-hybridized carbons (Fsp3) is 0.462. The summed E-state index contributed by atoms with van der Waals surface area (Å²) in [5.41, 5.74) is 1.22. The van der Waals surface area contributed by atoms with E-state index < -0.39 is 0 Å². The van der Waals surface area contributed by atoms with Crippen LogP contribution in [0.25, 0.3) is 0 Å². The Morgan fingerprint density at radius 1 is 1.55 bits per heavy atom. The Labute approximate surface area is 127 Å². The summed E-state index contributed by atoms with van der Waals surface area (Å²) in [6.07, 6.45) is 2.01. The van der Waals surface area contributed by atoms with Gasteiger partial charge in [-0.1, -0.05) is 0 Å². The zero-order valence-electron chi connectivity index (χ0n) is 11.4. The highest BCUT2D eigenvalue weighted by atomic mass is 32.1. The maximum Gasteiger partial charge on any atom is 0.220 e. The van der Waals surface area contributed by atoms with Crippen LogP contribution in [-0.4, -0.2) is 27.2 Å². The standard InChI is InChI=1S/C13H18N4OS2/c1-2-17-11(15-16-13(17)19)5-7-14-12(18)4-3-10-6-8-20-9-10/h6,8-9H,2-5,7H2,1H3,(H,14,18)(H,16,19). The quantitative estimate of drug-likeness (QED) is 0.772. The molecular weight excluding hydrogens is 292 g/mol. The van der Waals surface area contributed by atoms with E-state index in [-0.39, 0.29) is 5.91 Å². The molecule has 0 radical (unpaired) electrons. The van der Waals surface area contributed by atoms with Crippen molar-refractivity contribution in [3.63, 3.8) is 0 Å². The Bertz CT molecular complexity index is 600. The smallest absolute Gasteiger partial charge is 0.220 e. The number of H-pyrrole nitrogens is 1. The molecule has 0 bridgehead atoms. The van der Waals surface area contributed by atoms with Crippen LogP contribution in [0.2, 0.25) is 0 Å². The van der Waals surface area contributed by atoms with Crippen molar-refractivity contribution in [3.05, 3.63) is 33.0 Å². The van der Waals surface area contributed by atoms with E-state index in [2.05, 4.69) is 27.0 Å². The molecule has 0 spiro atoms.